The van der Waals surface area contributed by atoms with Crippen LogP contribution in [0.3, 0.4) is 0 Å². The highest BCUT2D eigenvalue weighted by atomic mass is 35.5. The highest BCUT2D eigenvalue weighted by molar-refractivity contribution is 6.30. The molecule has 0 spiro atoms. The van der Waals surface area contributed by atoms with Gasteiger partial charge in [-0.1, -0.05) is 54.1 Å². The molecule has 2 atom stereocenters. The summed E-state index contributed by atoms with van der Waals surface area (Å²) in [5, 5.41) is 0.585. The van der Waals surface area contributed by atoms with Gasteiger partial charge >= 0.3 is 6.18 Å². The summed E-state index contributed by atoms with van der Waals surface area (Å²) < 4.78 is 51.8. The SMILES string of the molecule is FC(F)(F)c1cccc([C@H]2[C@H](COCc3ccccc3)OCN2c2ccc(Cl)cc2)c1. The van der Waals surface area contributed by atoms with Crippen molar-refractivity contribution in [2.24, 2.45) is 0 Å². The predicted octanol–water partition coefficient (Wildman–Crippen LogP) is 6.48. The summed E-state index contributed by atoms with van der Waals surface area (Å²) in [7, 11) is 0. The van der Waals surface area contributed by atoms with Gasteiger partial charge in [-0.05, 0) is 47.5 Å². The minimum Gasteiger partial charge on any atom is -0.374 e. The second-order valence-corrected chi connectivity index (χ2v) is 7.79. The van der Waals surface area contributed by atoms with Crippen LogP contribution in [0.15, 0.2) is 78.9 Å². The van der Waals surface area contributed by atoms with Gasteiger partial charge in [0.15, 0.2) is 0 Å². The summed E-state index contributed by atoms with van der Waals surface area (Å²) in [6.07, 6.45) is -4.84. The van der Waals surface area contributed by atoms with Crippen molar-refractivity contribution in [1.29, 1.82) is 0 Å². The molecule has 1 saturated heterocycles. The molecule has 3 aromatic carbocycles. The van der Waals surface area contributed by atoms with E-state index in [4.69, 9.17) is 21.1 Å². The Bertz CT molecular complexity index is 996. The van der Waals surface area contributed by atoms with Gasteiger partial charge in [-0.15, -0.1) is 0 Å². The highest BCUT2D eigenvalue weighted by Gasteiger charge is 2.38. The molecule has 0 aromatic heterocycles. The number of anilines is 1. The third-order valence-corrected chi connectivity index (χ3v) is 5.48. The van der Waals surface area contributed by atoms with Gasteiger partial charge in [-0.25, -0.2) is 0 Å². The van der Waals surface area contributed by atoms with E-state index in [0.717, 1.165) is 17.3 Å². The minimum absolute atomic E-state index is 0.238. The Morgan fingerprint density at radius 1 is 0.968 bits per heavy atom. The molecular formula is C24H21ClF3NO2. The number of nitrogens with zero attached hydrogens (tertiary/aromatic N) is 1. The second kappa shape index (κ2) is 9.30. The smallest absolute Gasteiger partial charge is 0.374 e. The Kier molecular flexibility index (Phi) is 6.51. The van der Waals surface area contributed by atoms with Crippen LogP contribution in [-0.4, -0.2) is 19.4 Å². The third kappa shape index (κ3) is 5.21. The van der Waals surface area contributed by atoms with E-state index in [1.807, 2.05) is 47.4 Å². The van der Waals surface area contributed by atoms with Crippen molar-refractivity contribution in [2.45, 2.75) is 24.9 Å². The van der Waals surface area contributed by atoms with Crippen LogP contribution in [0.1, 0.15) is 22.7 Å². The average Bonchev–Trinajstić information content (AvgIpc) is 3.18. The fourth-order valence-corrected chi connectivity index (χ4v) is 3.84. The largest absolute Gasteiger partial charge is 0.416 e. The molecule has 3 aromatic rings. The first-order valence-corrected chi connectivity index (χ1v) is 10.2. The summed E-state index contributed by atoms with van der Waals surface area (Å²) >= 11 is 6.00. The lowest BCUT2D eigenvalue weighted by Crippen LogP contribution is -2.30. The van der Waals surface area contributed by atoms with E-state index >= 15 is 0 Å². The van der Waals surface area contributed by atoms with Crippen LogP contribution < -0.4 is 4.90 Å². The Hall–Kier alpha value is -2.54. The van der Waals surface area contributed by atoms with Crippen molar-refractivity contribution in [1.82, 2.24) is 0 Å². The quantitative estimate of drug-likeness (QED) is 0.431. The zero-order chi connectivity index (χ0) is 21.8. The van der Waals surface area contributed by atoms with Crippen LogP contribution in [0.4, 0.5) is 18.9 Å². The molecular weight excluding hydrogens is 427 g/mol. The van der Waals surface area contributed by atoms with Crippen molar-refractivity contribution in [3.05, 3.63) is 101 Å². The third-order valence-electron chi connectivity index (χ3n) is 5.22. The van der Waals surface area contributed by atoms with Gasteiger partial charge in [0.2, 0.25) is 0 Å². The number of rotatable bonds is 6. The van der Waals surface area contributed by atoms with E-state index in [9.17, 15) is 13.2 Å². The molecule has 4 rings (SSSR count). The van der Waals surface area contributed by atoms with E-state index in [-0.39, 0.29) is 13.3 Å². The molecule has 0 amide bonds. The van der Waals surface area contributed by atoms with Crippen molar-refractivity contribution in [3.63, 3.8) is 0 Å². The zero-order valence-corrected chi connectivity index (χ0v) is 17.3. The zero-order valence-electron chi connectivity index (χ0n) is 16.6. The summed E-state index contributed by atoms with van der Waals surface area (Å²) in [6.45, 7) is 0.888. The maximum atomic E-state index is 13.3. The van der Waals surface area contributed by atoms with Gasteiger partial charge in [0.1, 0.15) is 12.8 Å². The summed E-state index contributed by atoms with van der Waals surface area (Å²) in [4.78, 5) is 1.93. The van der Waals surface area contributed by atoms with Gasteiger partial charge in [0.05, 0.1) is 24.8 Å². The summed E-state index contributed by atoms with van der Waals surface area (Å²) in [6, 6.07) is 21.8. The number of hydrogen-bond acceptors (Lipinski definition) is 3. The molecule has 0 unspecified atom stereocenters. The summed E-state index contributed by atoms with van der Waals surface area (Å²) in [5.74, 6) is 0. The second-order valence-electron chi connectivity index (χ2n) is 7.35. The lowest BCUT2D eigenvalue weighted by atomic mass is 9.98. The number of alkyl halides is 3. The molecule has 3 nitrogen and oxygen atoms in total. The molecule has 1 fully saturated rings. The number of ether oxygens (including phenoxy) is 2. The number of hydrogen-bond donors (Lipinski definition) is 0. The minimum atomic E-state index is -4.42. The Morgan fingerprint density at radius 3 is 2.42 bits per heavy atom. The first-order valence-electron chi connectivity index (χ1n) is 9.84. The van der Waals surface area contributed by atoms with Crippen molar-refractivity contribution >= 4 is 17.3 Å². The maximum absolute atomic E-state index is 13.3. The van der Waals surface area contributed by atoms with Crippen LogP contribution in [0.5, 0.6) is 0 Å². The normalized spacial score (nSPS) is 19.0. The van der Waals surface area contributed by atoms with Crippen molar-refractivity contribution in [2.75, 3.05) is 18.2 Å². The topological polar surface area (TPSA) is 21.7 Å². The molecule has 31 heavy (non-hydrogen) atoms. The molecule has 0 radical (unpaired) electrons. The fraction of sp³-hybridized carbons (Fsp3) is 0.250. The highest BCUT2D eigenvalue weighted by Crippen LogP contribution is 2.39. The Labute approximate surface area is 184 Å². The predicted molar refractivity (Wildman–Crippen MR) is 114 cm³/mol. The molecule has 1 heterocycles. The monoisotopic (exact) mass is 447 g/mol. The van der Waals surface area contributed by atoms with Gasteiger partial charge in [-0.3, -0.25) is 0 Å². The van der Waals surface area contributed by atoms with Crippen LogP contribution in [-0.2, 0) is 22.3 Å². The van der Waals surface area contributed by atoms with Crippen molar-refractivity contribution < 1.29 is 22.6 Å². The van der Waals surface area contributed by atoms with Crippen LogP contribution in [0.2, 0.25) is 5.02 Å². The number of benzene rings is 3. The van der Waals surface area contributed by atoms with Gasteiger partial charge in [0.25, 0.3) is 0 Å². The van der Waals surface area contributed by atoms with E-state index in [2.05, 4.69) is 0 Å². The first-order chi connectivity index (χ1) is 14.9. The lowest BCUT2D eigenvalue weighted by Gasteiger charge is -2.28. The van der Waals surface area contributed by atoms with Gasteiger partial charge in [-0.2, -0.15) is 13.2 Å². The van der Waals surface area contributed by atoms with Gasteiger partial charge < -0.3 is 14.4 Å². The molecule has 0 aliphatic carbocycles. The van der Waals surface area contributed by atoms with Gasteiger partial charge in [0, 0.05) is 10.7 Å². The molecule has 0 saturated carbocycles. The molecule has 1 aliphatic rings. The van der Waals surface area contributed by atoms with Crippen molar-refractivity contribution in [3.8, 4) is 0 Å². The van der Waals surface area contributed by atoms with Crippen LogP contribution >= 0.6 is 11.6 Å². The summed E-state index contributed by atoms with van der Waals surface area (Å²) in [5.41, 5.74) is 1.68. The lowest BCUT2D eigenvalue weighted by molar-refractivity contribution is -0.137. The molecule has 7 heteroatoms. The van der Waals surface area contributed by atoms with Crippen LogP contribution in [0, 0.1) is 0 Å². The molecule has 0 bridgehead atoms. The fourth-order valence-electron chi connectivity index (χ4n) is 3.72. The van der Waals surface area contributed by atoms with E-state index in [1.165, 1.54) is 12.1 Å². The van der Waals surface area contributed by atoms with E-state index in [1.54, 1.807) is 18.2 Å². The maximum Gasteiger partial charge on any atom is 0.416 e. The molecule has 162 valence electrons. The Morgan fingerprint density at radius 2 is 1.71 bits per heavy atom. The number of halogens is 4. The Balaban J connectivity index is 1.59. The van der Waals surface area contributed by atoms with Crippen LogP contribution in [0.25, 0.3) is 0 Å². The molecule has 1 aliphatic heterocycles. The van der Waals surface area contributed by atoms with E-state index in [0.29, 0.717) is 17.2 Å². The average molecular weight is 448 g/mol. The van der Waals surface area contributed by atoms with E-state index < -0.39 is 23.9 Å². The standard InChI is InChI=1S/C24H21ClF3NO2/c25-20-9-11-21(12-10-20)29-16-31-22(15-30-14-17-5-2-1-3-6-17)23(29)18-7-4-8-19(13-18)24(26,27)28/h1-13,22-23H,14-16H2/t22-,23-/m0/s1. The molecule has 0 N–H and O–H groups in total. The first kappa shape index (κ1) is 21.7.